The highest BCUT2D eigenvalue weighted by Crippen LogP contribution is 2.39. The number of carbonyl (C=O) groups excluding carboxylic acids is 1. The van der Waals surface area contributed by atoms with Gasteiger partial charge in [-0.1, -0.05) is 0 Å². The second kappa shape index (κ2) is 12.8. The minimum absolute atomic E-state index is 0.0681. The number of likely N-dealkylation sites (tertiary alicyclic amines) is 1. The lowest BCUT2D eigenvalue weighted by atomic mass is 9.82. The minimum atomic E-state index is -0.442. The highest BCUT2D eigenvalue weighted by molar-refractivity contribution is 7.98. The third-order valence-electron chi connectivity index (χ3n) is 7.18. The molecule has 0 atom stereocenters. The summed E-state index contributed by atoms with van der Waals surface area (Å²) < 4.78 is 24.7. The maximum Gasteiger partial charge on any atom is 0.409 e. The topological polar surface area (TPSA) is 118 Å². The Morgan fingerprint density at radius 1 is 1.22 bits per heavy atom. The third kappa shape index (κ3) is 6.85. The van der Waals surface area contributed by atoms with E-state index in [2.05, 4.69) is 5.10 Å². The molecule has 37 heavy (non-hydrogen) atoms. The van der Waals surface area contributed by atoms with Crippen molar-refractivity contribution in [3.63, 3.8) is 0 Å². The number of amides is 1. The van der Waals surface area contributed by atoms with Gasteiger partial charge in [0.05, 0.1) is 48.3 Å². The van der Waals surface area contributed by atoms with Gasteiger partial charge in [-0.15, -0.1) is 11.8 Å². The summed E-state index contributed by atoms with van der Waals surface area (Å²) in [4.78, 5) is 24.9. The van der Waals surface area contributed by atoms with Gasteiger partial charge in [-0.25, -0.2) is 4.79 Å². The van der Waals surface area contributed by atoms with E-state index in [9.17, 15) is 14.9 Å². The maximum atomic E-state index is 12.2. The molecule has 0 bridgehead atoms. The Kier molecular flexibility index (Phi) is 9.49. The van der Waals surface area contributed by atoms with Gasteiger partial charge >= 0.3 is 11.8 Å². The lowest BCUT2D eigenvalue weighted by molar-refractivity contribution is -0.385. The largest absolute Gasteiger partial charge is 0.490 e. The molecule has 1 saturated carbocycles. The van der Waals surface area contributed by atoms with E-state index in [4.69, 9.17) is 18.9 Å². The van der Waals surface area contributed by atoms with Gasteiger partial charge in [-0.3, -0.25) is 14.8 Å². The fourth-order valence-corrected chi connectivity index (χ4v) is 5.44. The maximum absolute atomic E-state index is 12.2. The first-order chi connectivity index (χ1) is 17.9. The number of ether oxygens (including phenoxy) is 4. The van der Waals surface area contributed by atoms with Crippen molar-refractivity contribution in [3.8, 4) is 5.75 Å². The van der Waals surface area contributed by atoms with E-state index in [0.29, 0.717) is 30.1 Å². The normalized spacial score (nSPS) is 22.2. The van der Waals surface area contributed by atoms with Crippen LogP contribution in [0.3, 0.4) is 0 Å². The third-order valence-corrected chi connectivity index (χ3v) is 7.53. The molecule has 4 rings (SSSR count). The number of fused-ring (bicyclic) bond motifs is 1. The molecule has 0 N–H and O–H groups in total. The molecule has 0 unspecified atom stereocenters. The molecule has 0 radical (unpaired) electrons. The number of methoxy groups -OCH3 is 1. The lowest BCUT2D eigenvalue weighted by Crippen LogP contribution is -2.42. The Bertz CT molecular complexity index is 1060. The summed E-state index contributed by atoms with van der Waals surface area (Å²) in [6.45, 7) is 2.53. The van der Waals surface area contributed by atoms with E-state index in [0.717, 1.165) is 51.6 Å². The summed E-state index contributed by atoms with van der Waals surface area (Å²) >= 11 is 1.63. The average molecular weight is 537 g/mol. The Morgan fingerprint density at radius 3 is 2.65 bits per heavy atom. The second-order valence-corrected chi connectivity index (χ2v) is 10.4. The average Bonchev–Trinajstić information content (AvgIpc) is 3.34. The summed E-state index contributed by atoms with van der Waals surface area (Å²) in [5, 5.41) is 16.8. The first-order valence-corrected chi connectivity index (χ1v) is 14.2. The van der Waals surface area contributed by atoms with Crippen LogP contribution in [0.1, 0.15) is 51.0 Å². The van der Waals surface area contributed by atoms with E-state index >= 15 is 0 Å². The molecule has 2 heterocycles. The minimum Gasteiger partial charge on any atom is -0.490 e. The van der Waals surface area contributed by atoms with Crippen molar-refractivity contribution in [1.29, 1.82) is 0 Å². The van der Waals surface area contributed by atoms with Gasteiger partial charge in [0.15, 0.2) is 5.75 Å². The molecule has 2 aliphatic rings. The van der Waals surface area contributed by atoms with Crippen LogP contribution in [-0.2, 0) is 14.2 Å². The van der Waals surface area contributed by atoms with Crippen LogP contribution in [0.15, 0.2) is 18.3 Å². The van der Waals surface area contributed by atoms with E-state index < -0.39 is 10.5 Å². The molecule has 1 aliphatic heterocycles. The van der Waals surface area contributed by atoms with E-state index in [-0.39, 0.29) is 30.2 Å². The quantitative estimate of drug-likeness (QED) is 0.173. The fraction of sp³-hybridized carbons (Fsp3) is 0.680. The van der Waals surface area contributed by atoms with Crippen LogP contribution in [0.4, 0.5) is 10.5 Å². The standard InChI is InChI=1S/C25H36N4O7S/c1-33-23-15-21-19(14-22(23)29(31)32)16-28(26-21)20-6-8-25(9-7-20,36-18-37-2)17-34-12-13-35-24(30)27-10-4-3-5-11-27/h14-16,20H,3-13,17-18H2,1-2H3. The number of aromatic nitrogens is 2. The van der Waals surface area contributed by atoms with Crippen LogP contribution >= 0.6 is 11.8 Å². The van der Waals surface area contributed by atoms with Gasteiger partial charge in [0.1, 0.15) is 6.61 Å². The van der Waals surface area contributed by atoms with Gasteiger partial charge in [0.2, 0.25) is 0 Å². The van der Waals surface area contributed by atoms with Crippen LogP contribution < -0.4 is 4.74 Å². The number of benzene rings is 1. The zero-order chi connectivity index (χ0) is 26.3. The van der Waals surface area contributed by atoms with Crippen molar-refractivity contribution in [3.05, 3.63) is 28.4 Å². The number of hydrogen-bond donors (Lipinski definition) is 0. The Morgan fingerprint density at radius 2 is 1.97 bits per heavy atom. The summed E-state index contributed by atoms with van der Waals surface area (Å²) in [5.41, 5.74) is 0.201. The number of piperidine rings is 1. The number of nitro benzene ring substituents is 1. The number of carbonyl (C=O) groups is 1. The molecule has 1 saturated heterocycles. The van der Waals surface area contributed by atoms with Crippen LogP contribution in [0.5, 0.6) is 5.75 Å². The molecule has 1 aliphatic carbocycles. The summed E-state index contributed by atoms with van der Waals surface area (Å²) in [7, 11) is 1.42. The monoisotopic (exact) mass is 536 g/mol. The van der Waals surface area contributed by atoms with Crippen molar-refractivity contribution in [2.75, 3.05) is 52.2 Å². The first-order valence-electron chi connectivity index (χ1n) is 12.8. The summed E-state index contributed by atoms with van der Waals surface area (Å²) in [6, 6.07) is 3.29. The number of thioether (sulfide) groups is 1. The fourth-order valence-electron chi connectivity index (χ4n) is 5.07. The zero-order valence-electron chi connectivity index (χ0n) is 21.6. The van der Waals surface area contributed by atoms with Crippen molar-refractivity contribution >= 4 is 34.4 Å². The van der Waals surface area contributed by atoms with Crippen LogP contribution in [0.25, 0.3) is 10.9 Å². The molecule has 2 fully saturated rings. The van der Waals surface area contributed by atoms with Crippen LogP contribution in [0, 0.1) is 10.1 Å². The van der Waals surface area contributed by atoms with Crippen molar-refractivity contribution in [1.82, 2.24) is 14.7 Å². The number of rotatable bonds is 11. The molecule has 1 aromatic carbocycles. The Balaban J connectivity index is 1.31. The van der Waals surface area contributed by atoms with E-state index in [1.807, 2.05) is 17.1 Å². The van der Waals surface area contributed by atoms with Crippen molar-refractivity contribution < 1.29 is 28.7 Å². The van der Waals surface area contributed by atoms with Gasteiger partial charge in [0.25, 0.3) is 0 Å². The van der Waals surface area contributed by atoms with E-state index in [1.54, 1.807) is 22.7 Å². The number of nitrogens with zero attached hydrogens (tertiary/aromatic N) is 4. The van der Waals surface area contributed by atoms with Gasteiger partial charge < -0.3 is 23.8 Å². The second-order valence-electron chi connectivity index (χ2n) is 9.63. The van der Waals surface area contributed by atoms with Crippen LogP contribution in [-0.4, -0.2) is 83.5 Å². The molecule has 1 amide bonds. The summed E-state index contributed by atoms with van der Waals surface area (Å²) in [6.07, 6.45) is 10.1. The zero-order valence-corrected chi connectivity index (χ0v) is 22.4. The molecule has 2 aromatic rings. The number of nitro groups is 1. The highest BCUT2D eigenvalue weighted by Gasteiger charge is 2.37. The molecule has 11 nitrogen and oxygen atoms in total. The molecule has 204 valence electrons. The predicted octanol–water partition coefficient (Wildman–Crippen LogP) is 4.78. The summed E-state index contributed by atoms with van der Waals surface area (Å²) in [5.74, 6) is 0.780. The lowest BCUT2D eigenvalue weighted by Gasteiger charge is -2.39. The van der Waals surface area contributed by atoms with Gasteiger partial charge in [-0.05, 0) is 51.2 Å². The number of hydrogen-bond acceptors (Lipinski definition) is 9. The van der Waals surface area contributed by atoms with Crippen molar-refractivity contribution in [2.45, 2.75) is 56.6 Å². The van der Waals surface area contributed by atoms with Crippen molar-refractivity contribution in [2.24, 2.45) is 0 Å². The van der Waals surface area contributed by atoms with Gasteiger partial charge in [0, 0.05) is 36.8 Å². The first kappa shape index (κ1) is 27.5. The van der Waals surface area contributed by atoms with Gasteiger partial charge in [-0.2, -0.15) is 5.10 Å². The predicted molar refractivity (Wildman–Crippen MR) is 140 cm³/mol. The molecular formula is C25H36N4O7S. The smallest absolute Gasteiger partial charge is 0.409 e. The molecule has 1 aromatic heterocycles. The SMILES string of the molecule is COc1cc2nn(C3CCC(COCCOC(=O)N4CCCCC4)(OCSC)CC3)cc2cc1[N+](=O)[O-]. The van der Waals surface area contributed by atoms with Crippen LogP contribution in [0.2, 0.25) is 0 Å². The molecular weight excluding hydrogens is 500 g/mol. The molecule has 12 heteroatoms. The Labute approximate surface area is 220 Å². The Hall–Kier alpha value is -2.57. The molecule has 0 spiro atoms. The highest BCUT2D eigenvalue weighted by atomic mass is 32.2. The van der Waals surface area contributed by atoms with E-state index in [1.165, 1.54) is 19.6 Å².